The molecule has 1 atom stereocenters. The quantitative estimate of drug-likeness (QED) is 0.633. The van der Waals surface area contributed by atoms with Crippen molar-refractivity contribution in [2.24, 2.45) is 5.73 Å². The minimum atomic E-state index is -1.38. The number of benzene rings is 1. The Hall–Kier alpha value is -2.64. The Morgan fingerprint density at radius 2 is 2.10 bits per heavy atom. The van der Waals surface area contributed by atoms with Crippen LogP contribution in [-0.4, -0.2) is 34.5 Å². The fourth-order valence-electron chi connectivity index (χ4n) is 2.64. The van der Waals surface area contributed by atoms with Crippen LogP contribution in [0.1, 0.15) is 29.6 Å². The van der Waals surface area contributed by atoms with Crippen LogP contribution in [0.2, 0.25) is 0 Å². The van der Waals surface area contributed by atoms with Crippen LogP contribution < -0.4 is 10.6 Å². The molecule has 3 N–H and O–H groups in total. The van der Waals surface area contributed by atoms with E-state index in [2.05, 4.69) is 0 Å². The molecule has 2 rings (SSSR count). The number of hydrogen-bond donors (Lipinski definition) is 2. The summed E-state index contributed by atoms with van der Waals surface area (Å²) in [4.78, 5) is 34.8. The minimum absolute atomic E-state index is 0.128. The summed E-state index contributed by atoms with van der Waals surface area (Å²) >= 11 is 0. The van der Waals surface area contributed by atoms with E-state index in [1.165, 1.54) is 23.1 Å². The topological polar surface area (TPSA) is 127 Å². The monoisotopic (exact) mass is 293 g/mol. The number of anilines is 1. The number of hydrogen-bond acceptors (Lipinski definition) is 5. The molecule has 0 radical (unpaired) electrons. The van der Waals surface area contributed by atoms with Gasteiger partial charge in [-0.15, -0.1) is 0 Å². The molecule has 0 aromatic heterocycles. The highest BCUT2D eigenvalue weighted by Crippen LogP contribution is 2.35. The van der Waals surface area contributed by atoms with Crippen molar-refractivity contribution in [3.05, 3.63) is 33.9 Å². The Labute approximate surface area is 120 Å². The summed E-state index contributed by atoms with van der Waals surface area (Å²) in [5.41, 5.74) is 4.58. The highest BCUT2D eigenvalue weighted by molar-refractivity contribution is 5.96. The van der Waals surface area contributed by atoms with Gasteiger partial charge < -0.3 is 15.7 Å². The van der Waals surface area contributed by atoms with E-state index in [1.807, 2.05) is 0 Å². The maximum Gasteiger partial charge on any atom is 0.342 e. The first-order chi connectivity index (χ1) is 9.93. The molecule has 1 amide bonds. The van der Waals surface area contributed by atoms with Gasteiger partial charge in [-0.25, -0.2) is 4.79 Å². The van der Waals surface area contributed by atoms with Crippen molar-refractivity contribution in [1.82, 2.24) is 0 Å². The molecule has 1 aromatic carbocycles. The normalized spacial score (nSPS) is 18.3. The van der Waals surface area contributed by atoms with Gasteiger partial charge in [0.15, 0.2) is 0 Å². The zero-order valence-corrected chi connectivity index (χ0v) is 11.2. The van der Waals surface area contributed by atoms with Gasteiger partial charge >= 0.3 is 11.7 Å². The minimum Gasteiger partial charge on any atom is -0.477 e. The number of carboxylic acid groups (broad SMARTS) is 1. The zero-order chi connectivity index (χ0) is 15.6. The lowest BCUT2D eigenvalue weighted by Gasteiger charge is -2.35. The molecule has 112 valence electrons. The third kappa shape index (κ3) is 2.78. The average Bonchev–Trinajstić information content (AvgIpc) is 2.46. The zero-order valence-electron chi connectivity index (χ0n) is 11.2. The second kappa shape index (κ2) is 5.78. The number of carboxylic acids is 1. The Morgan fingerprint density at radius 1 is 1.38 bits per heavy atom. The van der Waals surface area contributed by atoms with Gasteiger partial charge in [-0.05, 0) is 31.4 Å². The Balaban J connectivity index is 2.56. The van der Waals surface area contributed by atoms with Crippen LogP contribution in [0, 0.1) is 10.1 Å². The van der Waals surface area contributed by atoms with Gasteiger partial charge in [0.05, 0.1) is 4.92 Å². The van der Waals surface area contributed by atoms with Gasteiger partial charge in [0, 0.05) is 6.54 Å². The molecule has 1 aromatic rings. The number of aromatic carboxylic acids is 1. The summed E-state index contributed by atoms with van der Waals surface area (Å²) in [5, 5.41) is 20.4. The maximum absolute atomic E-state index is 11.5. The van der Waals surface area contributed by atoms with Crippen molar-refractivity contribution >= 4 is 23.3 Å². The predicted molar refractivity (Wildman–Crippen MR) is 74.2 cm³/mol. The first-order valence-electron chi connectivity index (χ1n) is 6.50. The average molecular weight is 293 g/mol. The van der Waals surface area contributed by atoms with Crippen LogP contribution in [0.15, 0.2) is 18.2 Å². The van der Waals surface area contributed by atoms with Gasteiger partial charge in [0.1, 0.15) is 17.3 Å². The number of para-hydroxylation sites is 1. The smallest absolute Gasteiger partial charge is 0.342 e. The van der Waals surface area contributed by atoms with Crippen LogP contribution >= 0.6 is 0 Å². The van der Waals surface area contributed by atoms with E-state index in [0.717, 1.165) is 12.8 Å². The molecule has 0 spiro atoms. The van der Waals surface area contributed by atoms with E-state index >= 15 is 0 Å². The number of piperidine rings is 1. The number of rotatable bonds is 4. The van der Waals surface area contributed by atoms with Crippen LogP contribution in [0.5, 0.6) is 0 Å². The summed E-state index contributed by atoms with van der Waals surface area (Å²) < 4.78 is 0. The second-order valence-electron chi connectivity index (χ2n) is 4.84. The van der Waals surface area contributed by atoms with Crippen molar-refractivity contribution in [1.29, 1.82) is 0 Å². The molecule has 0 bridgehead atoms. The Kier molecular flexibility index (Phi) is 4.06. The van der Waals surface area contributed by atoms with E-state index in [-0.39, 0.29) is 5.69 Å². The van der Waals surface area contributed by atoms with Crippen molar-refractivity contribution in [3.63, 3.8) is 0 Å². The largest absolute Gasteiger partial charge is 0.477 e. The third-order valence-corrected chi connectivity index (χ3v) is 3.57. The van der Waals surface area contributed by atoms with Gasteiger partial charge in [-0.3, -0.25) is 14.9 Å². The van der Waals surface area contributed by atoms with Crippen LogP contribution in [0.4, 0.5) is 11.4 Å². The molecule has 0 saturated carbocycles. The molecular weight excluding hydrogens is 278 g/mol. The number of nitrogens with zero attached hydrogens (tertiary/aromatic N) is 2. The molecule has 1 fully saturated rings. The predicted octanol–water partition coefficient (Wildman–Crippen LogP) is 1.14. The second-order valence-corrected chi connectivity index (χ2v) is 4.84. The van der Waals surface area contributed by atoms with Crippen molar-refractivity contribution in [2.45, 2.75) is 25.3 Å². The van der Waals surface area contributed by atoms with Gasteiger partial charge in [-0.1, -0.05) is 6.07 Å². The maximum atomic E-state index is 11.5. The lowest BCUT2D eigenvalue weighted by molar-refractivity contribution is -0.384. The fraction of sp³-hybridized carbons (Fsp3) is 0.385. The molecule has 1 unspecified atom stereocenters. The number of amides is 1. The lowest BCUT2D eigenvalue weighted by atomic mass is 9.99. The molecule has 0 aliphatic carbocycles. The standard InChI is InChI=1S/C13H15N3O5/c14-12(17)10-5-1-2-7-15(10)9-6-3-4-8(13(18)19)11(9)16(20)21/h3-4,6,10H,1-2,5,7H2,(H2,14,17)(H,18,19). The number of nitro benzene ring substituents is 1. The Morgan fingerprint density at radius 3 is 2.67 bits per heavy atom. The molecule has 1 saturated heterocycles. The number of carbonyl (C=O) groups is 2. The van der Waals surface area contributed by atoms with E-state index in [1.54, 1.807) is 0 Å². The van der Waals surface area contributed by atoms with Crippen molar-refractivity contribution in [2.75, 3.05) is 11.4 Å². The van der Waals surface area contributed by atoms with Crippen molar-refractivity contribution in [3.8, 4) is 0 Å². The van der Waals surface area contributed by atoms with E-state index in [0.29, 0.717) is 13.0 Å². The molecular formula is C13H15N3O5. The van der Waals surface area contributed by atoms with E-state index in [9.17, 15) is 19.7 Å². The number of nitrogens with two attached hydrogens (primary N) is 1. The first kappa shape index (κ1) is 14.8. The summed E-state index contributed by atoms with van der Waals surface area (Å²) in [6, 6.07) is 3.40. The summed E-state index contributed by atoms with van der Waals surface area (Å²) in [5.74, 6) is -1.94. The van der Waals surface area contributed by atoms with Crippen molar-refractivity contribution < 1.29 is 19.6 Å². The SMILES string of the molecule is NC(=O)C1CCCCN1c1cccc(C(=O)O)c1[N+](=O)[O-]. The molecule has 1 aliphatic rings. The molecule has 8 nitrogen and oxygen atoms in total. The van der Waals surface area contributed by atoms with Crippen LogP contribution in [-0.2, 0) is 4.79 Å². The van der Waals surface area contributed by atoms with E-state index < -0.39 is 34.1 Å². The highest BCUT2D eigenvalue weighted by atomic mass is 16.6. The van der Waals surface area contributed by atoms with Crippen LogP contribution in [0.3, 0.4) is 0 Å². The molecule has 21 heavy (non-hydrogen) atoms. The van der Waals surface area contributed by atoms with Gasteiger partial charge in [0.25, 0.3) is 0 Å². The van der Waals surface area contributed by atoms with E-state index in [4.69, 9.17) is 10.8 Å². The summed E-state index contributed by atoms with van der Waals surface area (Å²) in [6.45, 7) is 0.428. The highest BCUT2D eigenvalue weighted by Gasteiger charge is 2.34. The molecule has 1 heterocycles. The fourth-order valence-corrected chi connectivity index (χ4v) is 2.64. The van der Waals surface area contributed by atoms with Gasteiger partial charge in [0.2, 0.25) is 5.91 Å². The lowest BCUT2D eigenvalue weighted by Crippen LogP contribution is -2.48. The Bertz CT molecular complexity index is 601. The first-order valence-corrected chi connectivity index (χ1v) is 6.50. The molecule has 8 heteroatoms. The van der Waals surface area contributed by atoms with Crippen LogP contribution in [0.25, 0.3) is 0 Å². The molecule has 1 aliphatic heterocycles. The number of carbonyl (C=O) groups excluding carboxylic acids is 1. The summed E-state index contributed by atoms with van der Waals surface area (Å²) in [7, 11) is 0. The van der Waals surface area contributed by atoms with Gasteiger partial charge in [-0.2, -0.15) is 0 Å². The summed E-state index contributed by atoms with van der Waals surface area (Å²) in [6.07, 6.45) is 2.07. The third-order valence-electron chi connectivity index (χ3n) is 3.57. The number of primary amides is 1. The number of nitro groups is 1.